The second-order valence-electron chi connectivity index (χ2n) is 7.59. The van der Waals surface area contributed by atoms with Gasteiger partial charge in [-0.3, -0.25) is 14.5 Å². The van der Waals surface area contributed by atoms with E-state index in [1.165, 1.54) is 17.0 Å². The molecule has 2 amide bonds. The number of carbonyl (C=O) groups is 2. The van der Waals surface area contributed by atoms with Crippen LogP contribution in [0.1, 0.15) is 41.9 Å². The molecule has 0 aromatic heterocycles. The average molecular weight is 387 g/mol. The summed E-state index contributed by atoms with van der Waals surface area (Å²) in [5.41, 5.74) is 0.805. The Labute approximate surface area is 161 Å². The Balaban J connectivity index is 1.52. The fourth-order valence-electron chi connectivity index (χ4n) is 4.44. The largest absolute Gasteiger partial charge is 0.416 e. The molecular formula is C22H20F3NO2. The van der Waals surface area contributed by atoms with Crippen LogP contribution in [-0.2, 0) is 22.3 Å². The van der Waals surface area contributed by atoms with Crippen molar-refractivity contribution in [1.82, 2.24) is 4.90 Å². The van der Waals surface area contributed by atoms with Crippen molar-refractivity contribution < 1.29 is 22.8 Å². The van der Waals surface area contributed by atoms with Gasteiger partial charge in [-0.15, -0.1) is 0 Å². The zero-order valence-electron chi connectivity index (χ0n) is 15.2. The summed E-state index contributed by atoms with van der Waals surface area (Å²) in [5, 5.41) is 0. The molecular weight excluding hydrogens is 367 g/mol. The highest BCUT2D eigenvalue weighted by Gasteiger charge is 2.50. The lowest BCUT2D eigenvalue weighted by Crippen LogP contribution is -2.30. The Morgan fingerprint density at radius 3 is 2.32 bits per heavy atom. The maximum Gasteiger partial charge on any atom is 0.416 e. The van der Waals surface area contributed by atoms with Gasteiger partial charge < -0.3 is 0 Å². The van der Waals surface area contributed by atoms with Gasteiger partial charge in [0.15, 0.2) is 0 Å². The summed E-state index contributed by atoms with van der Waals surface area (Å²) >= 11 is 0. The Morgan fingerprint density at radius 2 is 1.61 bits per heavy atom. The van der Waals surface area contributed by atoms with Crippen molar-refractivity contribution in [3.8, 4) is 0 Å². The molecule has 2 aliphatic rings. The first-order valence-electron chi connectivity index (χ1n) is 9.41. The van der Waals surface area contributed by atoms with Gasteiger partial charge in [0.05, 0.1) is 23.9 Å². The molecule has 2 aromatic carbocycles. The van der Waals surface area contributed by atoms with E-state index in [1.807, 2.05) is 30.3 Å². The SMILES string of the molecule is O=C1C2CC[C@H](c3cccc(C(F)(F)F)c3)CC2C(=O)N1Cc1ccccc1. The fourth-order valence-corrected chi connectivity index (χ4v) is 4.44. The van der Waals surface area contributed by atoms with Crippen molar-refractivity contribution in [2.45, 2.75) is 37.9 Å². The van der Waals surface area contributed by atoms with Gasteiger partial charge in [0.1, 0.15) is 0 Å². The normalized spacial score (nSPS) is 25.1. The molecule has 2 fully saturated rings. The number of benzene rings is 2. The van der Waals surface area contributed by atoms with Crippen LogP contribution in [0.25, 0.3) is 0 Å². The first-order chi connectivity index (χ1) is 13.3. The lowest BCUT2D eigenvalue weighted by molar-refractivity contribution is -0.141. The number of fused-ring (bicyclic) bond motifs is 1. The van der Waals surface area contributed by atoms with Crippen LogP contribution >= 0.6 is 0 Å². The number of alkyl halides is 3. The standard InChI is InChI=1S/C22H20F3NO2/c23-22(24,25)17-8-4-7-15(11-17)16-9-10-18-19(12-16)21(28)26(20(18)27)13-14-5-2-1-3-6-14/h1-8,11,16,18-19H,9-10,12-13H2/t16-,18?,19?/m0/s1. The van der Waals surface area contributed by atoms with Gasteiger partial charge in [-0.2, -0.15) is 13.2 Å². The van der Waals surface area contributed by atoms with Crippen LogP contribution in [0.2, 0.25) is 0 Å². The topological polar surface area (TPSA) is 37.4 Å². The molecule has 3 atom stereocenters. The van der Waals surface area contributed by atoms with Gasteiger partial charge in [0, 0.05) is 0 Å². The highest BCUT2D eigenvalue weighted by atomic mass is 19.4. The summed E-state index contributed by atoms with van der Waals surface area (Å²) in [6.45, 7) is 0.250. The van der Waals surface area contributed by atoms with Gasteiger partial charge in [-0.05, 0) is 42.4 Å². The van der Waals surface area contributed by atoms with E-state index in [9.17, 15) is 22.8 Å². The third kappa shape index (κ3) is 3.43. The second-order valence-corrected chi connectivity index (χ2v) is 7.59. The summed E-state index contributed by atoms with van der Waals surface area (Å²) in [6, 6.07) is 14.7. The smallest absolute Gasteiger partial charge is 0.278 e. The maximum absolute atomic E-state index is 13.0. The Bertz CT molecular complexity index is 894. The first-order valence-corrected chi connectivity index (χ1v) is 9.41. The molecule has 1 heterocycles. The van der Waals surface area contributed by atoms with E-state index < -0.39 is 17.7 Å². The maximum atomic E-state index is 13.0. The minimum atomic E-state index is -4.39. The highest BCUT2D eigenvalue weighted by Crippen LogP contribution is 2.45. The van der Waals surface area contributed by atoms with E-state index >= 15 is 0 Å². The van der Waals surface area contributed by atoms with Crippen molar-refractivity contribution >= 4 is 11.8 Å². The predicted molar refractivity (Wildman–Crippen MR) is 97.0 cm³/mol. The monoisotopic (exact) mass is 387 g/mol. The van der Waals surface area contributed by atoms with Gasteiger partial charge >= 0.3 is 6.18 Å². The molecule has 1 aliphatic heterocycles. The van der Waals surface area contributed by atoms with E-state index in [0.29, 0.717) is 24.8 Å². The Hall–Kier alpha value is -2.63. The van der Waals surface area contributed by atoms with E-state index in [0.717, 1.165) is 11.6 Å². The molecule has 28 heavy (non-hydrogen) atoms. The van der Waals surface area contributed by atoms with Crippen LogP contribution in [0.3, 0.4) is 0 Å². The molecule has 0 bridgehead atoms. The Kier molecular flexibility index (Phi) is 4.73. The highest BCUT2D eigenvalue weighted by molar-refractivity contribution is 6.05. The number of carbonyl (C=O) groups excluding carboxylic acids is 2. The molecule has 4 rings (SSSR count). The second kappa shape index (κ2) is 7.08. The molecule has 146 valence electrons. The fraction of sp³-hybridized carbons (Fsp3) is 0.364. The van der Waals surface area contributed by atoms with E-state index in [-0.39, 0.29) is 30.2 Å². The van der Waals surface area contributed by atoms with Crippen molar-refractivity contribution in [2.24, 2.45) is 11.8 Å². The van der Waals surface area contributed by atoms with Gasteiger partial charge in [-0.25, -0.2) is 0 Å². The van der Waals surface area contributed by atoms with E-state index in [1.54, 1.807) is 6.07 Å². The molecule has 1 aliphatic carbocycles. The summed E-state index contributed by atoms with van der Waals surface area (Å²) in [4.78, 5) is 26.9. The summed E-state index contributed by atoms with van der Waals surface area (Å²) in [5.74, 6) is -1.28. The number of hydrogen-bond acceptors (Lipinski definition) is 2. The molecule has 2 unspecified atom stereocenters. The third-order valence-corrected chi connectivity index (χ3v) is 5.89. The van der Waals surface area contributed by atoms with Crippen LogP contribution in [-0.4, -0.2) is 16.7 Å². The Morgan fingerprint density at radius 1 is 0.893 bits per heavy atom. The predicted octanol–water partition coefficient (Wildman–Crippen LogP) is 4.77. The number of imide groups is 1. The molecule has 0 N–H and O–H groups in total. The lowest BCUT2D eigenvalue weighted by atomic mass is 9.73. The summed E-state index contributed by atoms with van der Waals surface area (Å²) in [6.07, 6.45) is -2.83. The number of hydrogen-bond donors (Lipinski definition) is 0. The number of likely N-dealkylation sites (tertiary alicyclic amines) is 1. The van der Waals surface area contributed by atoms with Crippen LogP contribution in [0.4, 0.5) is 13.2 Å². The molecule has 6 heteroatoms. The minimum Gasteiger partial charge on any atom is -0.278 e. The van der Waals surface area contributed by atoms with E-state index in [4.69, 9.17) is 0 Å². The molecule has 0 radical (unpaired) electrons. The molecule has 2 aromatic rings. The summed E-state index contributed by atoms with van der Waals surface area (Å²) in [7, 11) is 0. The van der Waals surface area contributed by atoms with Crippen molar-refractivity contribution in [1.29, 1.82) is 0 Å². The van der Waals surface area contributed by atoms with Gasteiger partial charge in [0.25, 0.3) is 0 Å². The molecule has 1 saturated carbocycles. The average Bonchev–Trinajstić information content (AvgIpc) is 2.93. The lowest BCUT2D eigenvalue weighted by Gasteiger charge is -2.29. The third-order valence-electron chi connectivity index (χ3n) is 5.89. The van der Waals surface area contributed by atoms with Gasteiger partial charge in [0.2, 0.25) is 11.8 Å². The quantitative estimate of drug-likeness (QED) is 0.711. The molecule has 3 nitrogen and oxygen atoms in total. The number of halogens is 3. The van der Waals surface area contributed by atoms with Gasteiger partial charge in [-0.1, -0.05) is 48.5 Å². The molecule has 1 saturated heterocycles. The molecule has 0 spiro atoms. The van der Waals surface area contributed by atoms with Crippen molar-refractivity contribution in [3.63, 3.8) is 0 Å². The first kappa shape index (κ1) is 18.7. The zero-order chi connectivity index (χ0) is 19.9. The van der Waals surface area contributed by atoms with Crippen LogP contribution < -0.4 is 0 Å². The van der Waals surface area contributed by atoms with Crippen LogP contribution in [0.5, 0.6) is 0 Å². The zero-order valence-corrected chi connectivity index (χ0v) is 15.2. The van der Waals surface area contributed by atoms with Crippen LogP contribution in [0.15, 0.2) is 54.6 Å². The summed E-state index contributed by atoms with van der Waals surface area (Å²) < 4.78 is 39.0. The van der Waals surface area contributed by atoms with Crippen molar-refractivity contribution in [2.75, 3.05) is 0 Å². The number of rotatable bonds is 3. The van der Waals surface area contributed by atoms with E-state index in [2.05, 4.69) is 0 Å². The van der Waals surface area contributed by atoms with Crippen LogP contribution in [0, 0.1) is 11.8 Å². The van der Waals surface area contributed by atoms with Crippen molar-refractivity contribution in [3.05, 3.63) is 71.3 Å². The number of nitrogens with zero attached hydrogens (tertiary/aromatic N) is 1. The number of amides is 2. The minimum absolute atomic E-state index is 0.142.